The number of hydrogen-bond acceptors (Lipinski definition) is 9. The van der Waals surface area contributed by atoms with E-state index in [0.717, 1.165) is 70.6 Å². The van der Waals surface area contributed by atoms with Crippen LogP contribution in [0.4, 0.5) is 0 Å². The van der Waals surface area contributed by atoms with Gasteiger partial charge in [0.1, 0.15) is 12.2 Å². The van der Waals surface area contributed by atoms with Gasteiger partial charge in [-0.05, 0) is 92.3 Å². The minimum absolute atomic E-state index is 0.0498. The van der Waals surface area contributed by atoms with Crippen LogP contribution in [0.25, 0.3) is 0 Å². The van der Waals surface area contributed by atoms with Gasteiger partial charge >= 0.3 is 11.9 Å². The summed E-state index contributed by atoms with van der Waals surface area (Å²) < 4.78 is 12.6. The Labute approximate surface area is 280 Å². The van der Waals surface area contributed by atoms with Crippen molar-refractivity contribution in [1.82, 2.24) is 5.32 Å². The molecule has 2 spiro atoms. The Kier molecular flexibility index (Phi) is 9.84. The van der Waals surface area contributed by atoms with Crippen molar-refractivity contribution in [2.24, 2.45) is 52.3 Å². The molecule has 6 aliphatic rings. The maximum Gasteiger partial charge on any atom is 0.302 e. The van der Waals surface area contributed by atoms with Crippen molar-refractivity contribution in [3.8, 4) is 0 Å². The van der Waals surface area contributed by atoms with Gasteiger partial charge in [-0.3, -0.25) is 14.4 Å². The highest BCUT2D eigenvalue weighted by molar-refractivity contribution is 5.75. The summed E-state index contributed by atoms with van der Waals surface area (Å²) in [6, 6.07) is 0. The summed E-state index contributed by atoms with van der Waals surface area (Å²) in [6.07, 6.45) is 11.0. The fourth-order valence-corrected chi connectivity index (χ4v) is 11.6. The summed E-state index contributed by atoms with van der Waals surface area (Å²) in [4.78, 5) is 62.1. The van der Waals surface area contributed by atoms with Crippen LogP contribution < -0.4 is 5.32 Å². The van der Waals surface area contributed by atoms with Gasteiger partial charge in [0.25, 0.3) is 0 Å². The van der Waals surface area contributed by atoms with E-state index in [1.165, 1.54) is 13.8 Å². The van der Waals surface area contributed by atoms with E-state index in [-0.39, 0.29) is 70.5 Å². The lowest BCUT2D eigenvalue weighted by Crippen LogP contribution is -2.65. The van der Waals surface area contributed by atoms with E-state index < -0.39 is 11.6 Å². The molecule has 47 heavy (non-hydrogen) atoms. The summed E-state index contributed by atoms with van der Waals surface area (Å²) in [5.74, 6) is -0.353. The molecule has 10 heteroatoms. The molecule has 5 aliphatic carbocycles. The van der Waals surface area contributed by atoms with E-state index in [2.05, 4.69) is 33.0 Å². The molecule has 0 aromatic rings. The van der Waals surface area contributed by atoms with Gasteiger partial charge in [0, 0.05) is 64.3 Å². The summed E-state index contributed by atoms with van der Waals surface area (Å²) in [6.45, 7) is 12.2. The zero-order valence-electron chi connectivity index (χ0n) is 29.8. The quantitative estimate of drug-likeness (QED) is 0.232. The predicted molar refractivity (Wildman–Crippen MR) is 172 cm³/mol. The SMILES string of the molecule is CCC1CCC2(CC1)OOC1(CC[C@@]3(C)[C@H](C[C@@H](OC(C)=O)[C@@H]4[C@@H]3C[C@H](OC(C)=O)[C@]3(C)C(C(C)CCC(=O)NC)CC[C@@H]43)C1)OO2. The summed E-state index contributed by atoms with van der Waals surface area (Å²) in [5.41, 5.74) is -0.384. The Morgan fingerprint density at radius 3 is 2.13 bits per heavy atom. The topological polar surface area (TPSA) is 119 Å². The molecule has 1 aliphatic heterocycles. The smallest absolute Gasteiger partial charge is 0.302 e. The normalized spacial score (nSPS) is 46.5. The van der Waals surface area contributed by atoms with E-state index in [4.69, 9.17) is 29.0 Å². The summed E-state index contributed by atoms with van der Waals surface area (Å²) >= 11 is 0. The molecular formula is C37H59NO9. The number of ether oxygens (including phenoxy) is 2. The first-order valence-corrected chi connectivity index (χ1v) is 18.6. The predicted octanol–water partition coefficient (Wildman–Crippen LogP) is 6.79. The molecule has 2 unspecified atom stereocenters. The van der Waals surface area contributed by atoms with Crippen molar-refractivity contribution in [2.75, 3.05) is 7.05 Å². The lowest BCUT2D eigenvalue weighted by Gasteiger charge is -2.65. The van der Waals surface area contributed by atoms with Crippen molar-refractivity contribution in [1.29, 1.82) is 0 Å². The third-order valence-electron chi connectivity index (χ3n) is 14.4. The Morgan fingerprint density at radius 1 is 0.851 bits per heavy atom. The maximum atomic E-state index is 12.7. The highest BCUT2D eigenvalue weighted by Crippen LogP contribution is 2.70. The molecule has 1 heterocycles. The van der Waals surface area contributed by atoms with Crippen LogP contribution in [0.5, 0.6) is 0 Å². The lowest BCUT2D eigenvalue weighted by molar-refractivity contribution is -0.665. The molecule has 1 amide bonds. The van der Waals surface area contributed by atoms with E-state index in [1.54, 1.807) is 7.05 Å². The number of nitrogens with one attached hydrogen (secondary N) is 1. The average Bonchev–Trinajstić information content (AvgIpc) is 3.40. The minimum Gasteiger partial charge on any atom is -0.462 e. The maximum absolute atomic E-state index is 12.7. The number of amides is 1. The summed E-state index contributed by atoms with van der Waals surface area (Å²) in [5, 5.41) is 2.75. The molecule has 0 aromatic carbocycles. The largest absolute Gasteiger partial charge is 0.462 e. The van der Waals surface area contributed by atoms with Crippen molar-refractivity contribution >= 4 is 17.8 Å². The van der Waals surface area contributed by atoms with Gasteiger partial charge < -0.3 is 14.8 Å². The molecule has 0 bridgehead atoms. The van der Waals surface area contributed by atoms with Gasteiger partial charge in [0.2, 0.25) is 17.5 Å². The average molecular weight is 662 g/mol. The van der Waals surface area contributed by atoms with Gasteiger partial charge in [0.05, 0.1) is 0 Å². The number of carbonyl (C=O) groups excluding carboxylic acids is 3. The highest BCUT2D eigenvalue weighted by atomic mass is 17.4. The number of esters is 2. The van der Waals surface area contributed by atoms with Gasteiger partial charge in [-0.15, -0.1) is 0 Å². The summed E-state index contributed by atoms with van der Waals surface area (Å²) in [7, 11) is 1.68. The van der Waals surface area contributed by atoms with Gasteiger partial charge in [0.15, 0.2) is 0 Å². The Hall–Kier alpha value is -1.75. The Bertz CT molecular complexity index is 1170. The van der Waals surface area contributed by atoms with Crippen LogP contribution in [-0.4, -0.2) is 48.7 Å². The van der Waals surface area contributed by atoms with Gasteiger partial charge in [-0.1, -0.05) is 34.1 Å². The van der Waals surface area contributed by atoms with Gasteiger partial charge in [-0.2, -0.15) is 19.6 Å². The van der Waals surface area contributed by atoms with Crippen LogP contribution in [0.2, 0.25) is 0 Å². The zero-order valence-corrected chi connectivity index (χ0v) is 29.8. The fourth-order valence-electron chi connectivity index (χ4n) is 11.6. The fraction of sp³-hybridized carbons (Fsp3) is 0.919. The number of hydrogen-bond donors (Lipinski definition) is 1. The number of rotatable bonds is 7. The lowest BCUT2D eigenvalue weighted by atomic mass is 9.42. The van der Waals surface area contributed by atoms with Crippen LogP contribution in [0.3, 0.4) is 0 Å². The second-order valence-corrected chi connectivity index (χ2v) is 16.7. The van der Waals surface area contributed by atoms with E-state index in [1.807, 2.05) is 0 Å². The van der Waals surface area contributed by atoms with Crippen LogP contribution in [-0.2, 0) is 43.4 Å². The third kappa shape index (κ3) is 6.27. The van der Waals surface area contributed by atoms with Crippen molar-refractivity contribution in [3.63, 3.8) is 0 Å². The molecule has 1 N–H and O–H groups in total. The Balaban J connectivity index is 1.25. The van der Waals surface area contributed by atoms with E-state index in [0.29, 0.717) is 31.1 Å². The Morgan fingerprint density at radius 2 is 1.51 bits per heavy atom. The zero-order chi connectivity index (χ0) is 33.8. The second kappa shape index (κ2) is 13.2. The molecule has 10 nitrogen and oxygen atoms in total. The molecule has 266 valence electrons. The van der Waals surface area contributed by atoms with Crippen LogP contribution in [0.1, 0.15) is 131 Å². The second-order valence-electron chi connectivity index (χ2n) is 16.7. The van der Waals surface area contributed by atoms with Crippen LogP contribution in [0.15, 0.2) is 0 Å². The minimum atomic E-state index is -0.998. The number of fused-ring (bicyclic) bond motifs is 5. The molecular weight excluding hydrogens is 602 g/mol. The first kappa shape index (κ1) is 35.1. The number of carbonyl (C=O) groups is 3. The molecule has 0 radical (unpaired) electrons. The van der Waals surface area contributed by atoms with E-state index >= 15 is 0 Å². The molecule has 1 saturated heterocycles. The standard InChI is InChI=1S/C37H59NO9/c1-8-25-13-15-36(16-14-25)44-46-37(47-45-36)18-17-34(5)26(21-37)19-30(42-23(3)39)33-28-11-10-27(22(2)9-12-32(41)38-7)35(28,6)31(20-29(33)34)43-24(4)40/h22,25-31,33H,8-21H2,1-7H3,(H,38,41)/t22?,25?,26-,27?,28+,29+,30-,31+,33+,34+,35-,36?,37?/m1/s1. The van der Waals surface area contributed by atoms with Crippen molar-refractivity contribution < 1.29 is 43.4 Å². The third-order valence-corrected chi connectivity index (χ3v) is 14.4. The molecule has 6 fully saturated rings. The van der Waals surface area contributed by atoms with Crippen molar-refractivity contribution in [3.05, 3.63) is 0 Å². The molecule has 5 saturated carbocycles. The first-order valence-electron chi connectivity index (χ1n) is 18.6. The van der Waals surface area contributed by atoms with Gasteiger partial charge in [-0.25, -0.2) is 0 Å². The molecule has 0 aromatic heterocycles. The van der Waals surface area contributed by atoms with Crippen LogP contribution in [0, 0.1) is 52.3 Å². The first-order chi connectivity index (χ1) is 22.3. The molecule has 6 rings (SSSR count). The van der Waals surface area contributed by atoms with Crippen LogP contribution >= 0.6 is 0 Å². The van der Waals surface area contributed by atoms with Crippen molar-refractivity contribution in [2.45, 2.75) is 155 Å². The van der Waals surface area contributed by atoms with E-state index in [9.17, 15) is 14.4 Å². The molecule has 10 atom stereocenters. The monoisotopic (exact) mass is 661 g/mol. The highest BCUT2D eigenvalue weighted by Gasteiger charge is 2.69.